The van der Waals surface area contributed by atoms with E-state index in [1.807, 2.05) is 0 Å². The Labute approximate surface area is 104 Å². The summed E-state index contributed by atoms with van der Waals surface area (Å²) in [4.78, 5) is 8.52. The van der Waals surface area contributed by atoms with Gasteiger partial charge in [-0.1, -0.05) is 5.16 Å². The highest BCUT2D eigenvalue weighted by atomic mass is 16.5. The first-order valence-corrected chi connectivity index (χ1v) is 5.97. The molecule has 0 amide bonds. The highest BCUT2D eigenvalue weighted by molar-refractivity contribution is 5.65. The molecule has 2 aromatic heterocycles. The third kappa shape index (κ3) is 2.06. The second kappa shape index (κ2) is 4.73. The summed E-state index contributed by atoms with van der Waals surface area (Å²) in [7, 11) is 0. The lowest BCUT2D eigenvalue weighted by Crippen LogP contribution is -2.16. The van der Waals surface area contributed by atoms with E-state index in [9.17, 15) is 0 Å². The largest absolute Gasteiger partial charge is 0.397 e. The number of anilines is 1. The number of hydrogen-bond donors (Lipinski definition) is 1. The maximum absolute atomic E-state index is 5.83. The van der Waals surface area contributed by atoms with Gasteiger partial charge in [-0.3, -0.25) is 0 Å². The normalized spacial score (nSPS) is 19.9. The van der Waals surface area contributed by atoms with Gasteiger partial charge in [-0.15, -0.1) is 0 Å². The second-order valence-corrected chi connectivity index (χ2v) is 4.31. The number of nitrogen functional groups attached to an aromatic ring is 1. The Hall–Kier alpha value is -1.95. The predicted molar refractivity (Wildman–Crippen MR) is 64.7 cm³/mol. The van der Waals surface area contributed by atoms with E-state index in [0.717, 1.165) is 19.4 Å². The van der Waals surface area contributed by atoms with Crippen LogP contribution in [0.25, 0.3) is 11.6 Å². The van der Waals surface area contributed by atoms with Crippen molar-refractivity contribution in [2.45, 2.75) is 18.8 Å². The molecule has 0 spiro atoms. The molecule has 3 heterocycles. The molecule has 0 radical (unpaired) electrons. The number of aromatic nitrogens is 3. The van der Waals surface area contributed by atoms with Gasteiger partial charge in [0.05, 0.1) is 12.3 Å². The molecule has 18 heavy (non-hydrogen) atoms. The molecule has 1 fully saturated rings. The second-order valence-electron chi connectivity index (χ2n) is 4.31. The zero-order valence-corrected chi connectivity index (χ0v) is 9.87. The Bertz CT molecular complexity index is 534. The lowest BCUT2D eigenvalue weighted by molar-refractivity contribution is 0.0773. The molecule has 1 aliphatic rings. The zero-order chi connectivity index (χ0) is 12.4. The average molecular weight is 246 g/mol. The molecule has 0 aromatic carbocycles. The first-order valence-electron chi connectivity index (χ1n) is 5.97. The van der Waals surface area contributed by atoms with Gasteiger partial charge >= 0.3 is 0 Å². The summed E-state index contributed by atoms with van der Waals surface area (Å²) in [5.41, 5.74) is 6.90. The van der Waals surface area contributed by atoms with Gasteiger partial charge in [0.25, 0.3) is 5.89 Å². The molecule has 6 heteroatoms. The van der Waals surface area contributed by atoms with Crippen molar-refractivity contribution >= 4 is 5.69 Å². The molecule has 1 unspecified atom stereocenters. The van der Waals surface area contributed by atoms with E-state index in [0.29, 0.717) is 29.7 Å². The van der Waals surface area contributed by atoms with Gasteiger partial charge in [0.1, 0.15) is 0 Å². The number of pyridine rings is 1. The SMILES string of the molecule is Nc1cccnc1-c1nc(C2CCCOC2)no1. The molecule has 0 saturated carbocycles. The van der Waals surface area contributed by atoms with Crippen LogP contribution in [-0.4, -0.2) is 28.3 Å². The molecular formula is C12H14N4O2. The third-order valence-corrected chi connectivity index (χ3v) is 3.01. The van der Waals surface area contributed by atoms with Crippen LogP contribution in [0.3, 0.4) is 0 Å². The first-order chi connectivity index (χ1) is 8.84. The molecule has 3 rings (SSSR count). The Kier molecular flexibility index (Phi) is 2.93. The van der Waals surface area contributed by atoms with Gasteiger partial charge in [-0.05, 0) is 25.0 Å². The Morgan fingerprint density at radius 3 is 3.11 bits per heavy atom. The molecule has 0 bridgehead atoms. The topological polar surface area (TPSA) is 87.1 Å². The van der Waals surface area contributed by atoms with E-state index in [2.05, 4.69) is 15.1 Å². The van der Waals surface area contributed by atoms with E-state index >= 15 is 0 Å². The van der Waals surface area contributed by atoms with Crippen molar-refractivity contribution in [2.75, 3.05) is 18.9 Å². The van der Waals surface area contributed by atoms with E-state index in [1.165, 1.54) is 0 Å². The van der Waals surface area contributed by atoms with Crippen molar-refractivity contribution in [2.24, 2.45) is 0 Å². The van der Waals surface area contributed by atoms with Crippen LogP contribution in [0.2, 0.25) is 0 Å². The van der Waals surface area contributed by atoms with E-state index in [-0.39, 0.29) is 5.92 Å². The number of rotatable bonds is 2. The highest BCUT2D eigenvalue weighted by Crippen LogP contribution is 2.26. The lowest BCUT2D eigenvalue weighted by atomic mass is 10.0. The summed E-state index contributed by atoms with van der Waals surface area (Å²) in [6, 6.07) is 3.53. The fourth-order valence-corrected chi connectivity index (χ4v) is 2.04. The van der Waals surface area contributed by atoms with Crippen molar-refractivity contribution in [3.8, 4) is 11.6 Å². The Morgan fingerprint density at radius 2 is 2.33 bits per heavy atom. The Balaban J connectivity index is 1.87. The van der Waals surface area contributed by atoms with Crippen LogP contribution < -0.4 is 5.73 Å². The molecule has 2 N–H and O–H groups in total. The summed E-state index contributed by atoms with van der Waals surface area (Å²) in [6.45, 7) is 1.46. The molecular weight excluding hydrogens is 232 g/mol. The first kappa shape index (κ1) is 11.2. The van der Waals surface area contributed by atoms with Crippen LogP contribution in [0, 0.1) is 0 Å². The smallest absolute Gasteiger partial charge is 0.278 e. The van der Waals surface area contributed by atoms with Gasteiger partial charge in [-0.25, -0.2) is 4.98 Å². The van der Waals surface area contributed by atoms with Gasteiger partial charge < -0.3 is 15.0 Å². The minimum absolute atomic E-state index is 0.209. The van der Waals surface area contributed by atoms with Crippen molar-refractivity contribution < 1.29 is 9.26 Å². The minimum atomic E-state index is 0.209. The monoisotopic (exact) mass is 246 g/mol. The lowest BCUT2D eigenvalue weighted by Gasteiger charge is -2.18. The summed E-state index contributed by atoms with van der Waals surface area (Å²) >= 11 is 0. The summed E-state index contributed by atoms with van der Waals surface area (Å²) in [5, 5.41) is 4.00. The van der Waals surface area contributed by atoms with Crippen LogP contribution >= 0.6 is 0 Å². The average Bonchev–Trinajstić information content (AvgIpc) is 2.90. The number of nitrogens with two attached hydrogens (primary N) is 1. The van der Waals surface area contributed by atoms with Gasteiger partial charge in [0.2, 0.25) is 0 Å². The number of nitrogens with zero attached hydrogens (tertiary/aromatic N) is 3. The van der Waals surface area contributed by atoms with E-state index < -0.39 is 0 Å². The predicted octanol–water partition coefficient (Wildman–Crippen LogP) is 1.61. The molecule has 1 aliphatic heterocycles. The van der Waals surface area contributed by atoms with Crippen LogP contribution in [-0.2, 0) is 4.74 Å². The quantitative estimate of drug-likeness (QED) is 0.866. The van der Waals surface area contributed by atoms with Gasteiger partial charge in [-0.2, -0.15) is 4.98 Å². The number of ether oxygens (including phenoxy) is 1. The van der Waals surface area contributed by atoms with E-state index in [1.54, 1.807) is 18.3 Å². The van der Waals surface area contributed by atoms with Crippen molar-refractivity contribution in [3.05, 3.63) is 24.2 Å². The van der Waals surface area contributed by atoms with Crippen LogP contribution in [0.1, 0.15) is 24.6 Å². The standard InChI is InChI=1S/C12H14N4O2/c13-9-4-1-5-14-10(9)12-15-11(16-18-12)8-3-2-6-17-7-8/h1,4-5,8H,2-3,6-7,13H2. The maximum atomic E-state index is 5.83. The number of hydrogen-bond acceptors (Lipinski definition) is 6. The van der Waals surface area contributed by atoms with Crippen LogP contribution in [0.15, 0.2) is 22.9 Å². The van der Waals surface area contributed by atoms with Crippen molar-refractivity contribution in [1.29, 1.82) is 0 Å². The molecule has 2 aromatic rings. The fraction of sp³-hybridized carbons (Fsp3) is 0.417. The summed E-state index contributed by atoms with van der Waals surface area (Å²) in [5.74, 6) is 1.25. The molecule has 6 nitrogen and oxygen atoms in total. The molecule has 1 saturated heterocycles. The Morgan fingerprint density at radius 1 is 1.39 bits per heavy atom. The molecule has 0 aliphatic carbocycles. The van der Waals surface area contributed by atoms with Crippen LogP contribution in [0.4, 0.5) is 5.69 Å². The van der Waals surface area contributed by atoms with Crippen molar-refractivity contribution in [3.63, 3.8) is 0 Å². The highest BCUT2D eigenvalue weighted by Gasteiger charge is 2.22. The van der Waals surface area contributed by atoms with Crippen molar-refractivity contribution in [1.82, 2.24) is 15.1 Å². The van der Waals surface area contributed by atoms with E-state index in [4.69, 9.17) is 15.0 Å². The zero-order valence-electron chi connectivity index (χ0n) is 9.87. The van der Waals surface area contributed by atoms with Gasteiger partial charge in [0.15, 0.2) is 11.5 Å². The maximum Gasteiger partial charge on any atom is 0.278 e. The third-order valence-electron chi connectivity index (χ3n) is 3.01. The molecule has 1 atom stereocenters. The molecule has 94 valence electrons. The summed E-state index contributed by atoms with van der Waals surface area (Å²) in [6.07, 6.45) is 3.70. The minimum Gasteiger partial charge on any atom is -0.397 e. The fourth-order valence-electron chi connectivity index (χ4n) is 2.04. The van der Waals surface area contributed by atoms with Gasteiger partial charge in [0, 0.05) is 18.7 Å². The van der Waals surface area contributed by atoms with Crippen LogP contribution in [0.5, 0.6) is 0 Å². The summed E-state index contributed by atoms with van der Waals surface area (Å²) < 4.78 is 10.6.